The van der Waals surface area contributed by atoms with Gasteiger partial charge in [-0.3, -0.25) is 9.36 Å². The molecule has 0 spiro atoms. The number of aromatic nitrogens is 2. The Morgan fingerprint density at radius 1 is 0.898 bits per heavy atom. The summed E-state index contributed by atoms with van der Waals surface area (Å²) in [5.74, 6) is -0.405. The molecule has 3 heterocycles. The molecule has 0 N–H and O–H groups in total. The van der Waals surface area contributed by atoms with Crippen LogP contribution in [0.1, 0.15) is 30.3 Å². The summed E-state index contributed by atoms with van der Waals surface area (Å²) in [7, 11) is -4.31. The predicted octanol–water partition coefficient (Wildman–Crippen LogP) is 6.15. The van der Waals surface area contributed by atoms with Crippen LogP contribution in [0.2, 0.25) is 0 Å². The maximum absolute atomic E-state index is 13.8. The van der Waals surface area contributed by atoms with Gasteiger partial charge in [0.15, 0.2) is 6.54 Å². The van der Waals surface area contributed by atoms with Crippen LogP contribution in [0.25, 0.3) is 39.4 Å². The summed E-state index contributed by atoms with van der Waals surface area (Å²) in [5.41, 5.74) is 6.27. The second-order valence-electron chi connectivity index (χ2n) is 11.5. The number of nitrogens with zero attached hydrogens (tertiary/aromatic N) is 3. The minimum Gasteiger partial charge on any atom is -0.748 e. The Bertz CT molecular complexity index is 2320. The molecule has 0 bridgehead atoms. The molecule has 3 aromatic carbocycles. The van der Waals surface area contributed by atoms with Crippen LogP contribution in [0.15, 0.2) is 121 Å². The molecule has 0 unspecified atom stereocenters. The van der Waals surface area contributed by atoms with E-state index in [0.717, 1.165) is 54.7 Å². The second-order valence-corrected chi connectivity index (χ2v) is 15.1. The number of hydrogen-bond acceptors (Lipinski definition) is 7. The van der Waals surface area contributed by atoms with E-state index >= 15 is 0 Å². The van der Waals surface area contributed by atoms with Crippen LogP contribution in [-0.2, 0) is 23.2 Å². The molecule has 0 aliphatic carbocycles. The average molecular weight is 708 g/mol. The summed E-state index contributed by atoms with van der Waals surface area (Å²) in [6.07, 6.45) is 12.6. The molecule has 0 saturated heterocycles. The Balaban J connectivity index is 1.52. The number of thiazole rings is 2. The fourth-order valence-electron chi connectivity index (χ4n) is 5.95. The first-order chi connectivity index (χ1) is 23.8. The zero-order valence-corrected chi connectivity index (χ0v) is 29.6. The van der Waals surface area contributed by atoms with Gasteiger partial charge < -0.3 is 9.45 Å². The maximum atomic E-state index is 13.8. The molecule has 5 aromatic rings. The number of unbranched alkanes of at least 4 members (excludes halogenated alkanes) is 1. The third kappa shape index (κ3) is 7.84. The molecule has 0 saturated carbocycles. The van der Waals surface area contributed by atoms with Crippen molar-refractivity contribution in [1.29, 1.82) is 0 Å². The van der Waals surface area contributed by atoms with Gasteiger partial charge in [-0.05, 0) is 54.8 Å². The van der Waals surface area contributed by atoms with Crippen molar-refractivity contribution in [3.63, 3.8) is 0 Å². The van der Waals surface area contributed by atoms with E-state index in [1.807, 2.05) is 66.8 Å². The fraction of sp³-hybridized carbons (Fsp3) is 0.179. The topological polar surface area (TPSA) is 86.3 Å². The number of fused-ring (bicyclic) bond motifs is 1. The van der Waals surface area contributed by atoms with Crippen LogP contribution in [0.4, 0.5) is 5.69 Å². The molecule has 10 heteroatoms. The highest BCUT2D eigenvalue weighted by atomic mass is 32.2. The van der Waals surface area contributed by atoms with E-state index in [2.05, 4.69) is 71.6 Å². The summed E-state index contributed by atoms with van der Waals surface area (Å²) in [6.45, 7) is 7.74. The normalized spacial score (nSPS) is 14.5. The summed E-state index contributed by atoms with van der Waals surface area (Å²) in [6, 6.07) is 28.5. The third-order valence-corrected chi connectivity index (χ3v) is 11.3. The molecular weight excluding hydrogens is 671 g/mol. The van der Waals surface area contributed by atoms with Gasteiger partial charge in [0.2, 0.25) is 5.69 Å². The number of rotatable bonds is 12. The minimum absolute atomic E-state index is 0.0911. The monoisotopic (exact) mass is 707 g/mol. The molecule has 250 valence electrons. The molecule has 1 aliphatic heterocycles. The van der Waals surface area contributed by atoms with Crippen molar-refractivity contribution in [2.45, 2.75) is 32.9 Å². The first kappa shape index (κ1) is 34.3. The van der Waals surface area contributed by atoms with Crippen molar-refractivity contribution in [3.8, 4) is 21.7 Å². The van der Waals surface area contributed by atoms with Crippen LogP contribution < -0.4 is 24.2 Å². The number of allylic oxidation sites excluding steroid dienone is 4. The summed E-state index contributed by atoms with van der Waals surface area (Å²) in [4.78, 5) is 17.1. The Morgan fingerprint density at radius 3 is 2.29 bits per heavy atom. The first-order valence-corrected chi connectivity index (χ1v) is 19.4. The summed E-state index contributed by atoms with van der Waals surface area (Å²) in [5, 5.41) is 0.912. The van der Waals surface area contributed by atoms with Crippen LogP contribution in [0, 0.1) is 0 Å². The lowest BCUT2D eigenvalue weighted by Crippen LogP contribution is -2.38. The van der Waals surface area contributed by atoms with Gasteiger partial charge in [-0.1, -0.05) is 90.2 Å². The van der Waals surface area contributed by atoms with E-state index in [9.17, 15) is 17.8 Å². The van der Waals surface area contributed by atoms with E-state index in [-0.39, 0.29) is 12.0 Å². The SMILES string of the molecule is C=CCn1c(=O)/c(=C\C=C2/C=CN(CC)c3ccccc32)s/c1=C\c1sc(-c2ccccc2)c(-c2ccccc2)[n+]1CCCCS(=O)(=O)[O-]. The van der Waals surface area contributed by atoms with Crippen molar-refractivity contribution < 1.29 is 17.5 Å². The highest BCUT2D eigenvalue weighted by Crippen LogP contribution is 2.36. The Labute approximate surface area is 294 Å². The number of benzene rings is 3. The lowest BCUT2D eigenvalue weighted by molar-refractivity contribution is -0.683. The van der Waals surface area contributed by atoms with Gasteiger partial charge >= 0.3 is 0 Å². The molecular formula is C39H37N3O4S3. The molecule has 0 fully saturated rings. The number of hydrogen-bond donors (Lipinski definition) is 0. The summed E-state index contributed by atoms with van der Waals surface area (Å²) >= 11 is 3.05. The smallest absolute Gasteiger partial charge is 0.269 e. The Morgan fingerprint density at radius 2 is 1.59 bits per heavy atom. The highest BCUT2D eigenvalue weighted by molar-refractivity contribution is 7.85. The van der Waals surface area contributed by atoms with Gasteiger partial charge in [0.05, 0.1) is 20.7 Å². The lowest BCUT2D eigenvalue weighted by atomic mass is 9.99. The van der Waals surface area contributed by atoms with E-state index in [1.165, 1.54) is 11.3 Å². The first-order valence-electron chi connectivity index (χ1n) is 16.2. The standard InChI is InChI=1S/C39H37N3O4S3/c1-3-24-42-36(47-34(39(42)43)22-21-29-23-26-40(4-2)33-20-12-11-19-32(29)33)28-35-41(25-13-14-27-49(44,45)46)37(30-15-7-5-8-16-30)38(48-35)31-17-9-6-10-18-31/h3,5-12,15-23,26,28H,1,4,13-14,24-25,27H2,2H3/b29-21+,34-22+. The van der Waals surface area contributed by atoms with Crippen molar-refractivity contribution in [2.75, 3.05) is 17.2 Å². The van der Waals surface area contributed by atoms with Crippen molar-refractivity contribution in [3.05, 3.63) is 146 Å². The minimum atomic E-state index is -4.31. The van der Waals surface area contributed by atoms with Gasteiger partial charge in [0.1, 0.15) is 9.54 Å². The summed E-state index contributed by atoms with van der Waals surface area (Å²) < 4.78 is 39.5. The maximum Gasteiger partial charge on any atom is 0.269 e. The van der Waals surface area contributed by atoms with Gasteiger partial charge in [0.25, 0.3) is 10.6 Å². The molecule has 49 heavy (non-hydrogen) atoms. The van der Waals surface area contributed by atoms with E-state index in [0.29, 0.717) is 24.0 Å². The van der Waals surface area contributed by atoms with E-state index < -0.39 is 15.9 Å². The van der Waals surface area contributed by atoms with Gasteiger partial charge in [0, 0.05) is 48.3 Å². The van der Waals surface area contributed by atoms with Gasteiger partial charge in [-0.25, -0.2) is 8.42 Å². The van der Waals surface area contributed by atoms with E-state index in [4.69, 9.17) is 0 Å². The van der Waals surface area contributed by atoms with Crippen LogP contribution >= 0.6 is 22.7 Å². The molecule has 0 atom stereocenters. The fourth-order valence-corrected chi connectivity index (χ4v) is 8.83. The molecule has 2 aromatic heterocycles. The van der Waals surface area contributed by atoms with Crippen LogP contribution in [-0.4, -0.2) is 29.8 Å². The molecule has 6 rings (SSSR count). The third-order valence-electron chi connectivity index (χ3n) is 8.28. The molecule has 7 nitrogen and oxygen atoms in total. The Hall–Kier alpha value is -4.61. The van der Waals surface area contributed by atoms with Gasteiger partial charge in [-0.15, -0.1) is 17.9 Å². The second kappa shape index (κ2) is 15.3. The van der Waals surface area contributed by atoms with Crippen LogP contribution in [0.5, 0.6) is 0 Å². The van der Waals surface area contributed by atoms with Crippen molar-refractivity contribution in [1.82, 2.24) is 4.57 Å². The highest BCUT2D eigenvalue weighted by Gasteiger charge is 2.28. The van der Waals surface area contributed by atoms with E-state index in [1.54, 1.807) is 22.0 Å². The molecule has 0 amide bonds. The van der Waals surface area contributed by atoms with Crippen molar-refractivity contribution >= 4 is 56.2 Å². The molecule has 1 aliphatic rings. The van der Waals surface area contributed by atoms with Crippen molar-refractivity contribution in [2.24, 2.45) is 0 Å². The van der Waals surface area contributed by atoms with Gasteiger partial charge in [-0.2, -0.15) is 4.57 Å². The number of para-hydroxylation sites is 1. The Kier molecular flexibility index (Phi) is 10.7. The predicted molar refractivity (Wildman–Crippen MR) is 202 cm³/mol. The average Bonchev–Trinajstić information content (AvgIpc) is 3.62. The number of anilines is 1. The quantitative estimate of drug-likeness (QED) is 0.0673. The largest absolute Gasteiger partial charge is 0.748 e. The molecule has 0 radical (unpaired) electrons. The zero-order chi connectivity index (χ0) is 34.4. The lowest BCUT2D eigenvalue weighted by Gasteiger charge is -2.26. The van der Waals surface area contributed by atoms with Crippen LogP contribution in [0.3, 0.4) is 0 Å². The zero-order valence-electron chi connectivity index (χ0n) is 27.2.